The summed E-state index contributed by atoms with van der Waals surface area (Å²) in [4.78, 5) is 19.4. The molecule has 0 fully saturated rings. The van der Waals surface area contributed by atoms with Gasteiger partial charge in [-0.05, 0) is 6.07 Å². The second kappa shape index (κ2) is 2.95. The molecule has 0 bridgehead atoms. The van der Waals surface area contributed by atoms with Crippen LogP contribution in [0.25, 0.3) is 0 Å². The average molecular weight is 169 g/mol. The van der Waals surface area contributed by atoms with Crippen molar-refractivity contribution in [1.82, 2.24) is 0 Å². The Morgan fingerprint density at radius 2 is 1.83 bits per heavy atom. The first kappa shape index (κ1) is 8.12. The van der Waals surface area contributed by atoms with Crippen LogP contribution in [0.15, 0.2) is 24.3 Å². The third kappa shape index (κ3) is 1.54. The van der Waals surface area contributed by atoms with Crippen LogP contribution in [0.2, 0.25) is 0 Å². The number of non-ortho nitro benzene ring substituents is 1. The third-order valence-corrected chi connectivity index (χ3v) is 1.26. The predicted octanol–water partition coefficient (Wildman–Crippen LogP) is 1.39. The minimum Gasteiger partial charge on any atom is -0.258 e. The lowest BCUT2D eigenvalue weighted by atomic mass is 10.3. The molecule has 1 aromatic carbocycles. The SMILES string of the molecule is O=[N+]([O-])c1cccc([N+](=O)O)c1. The molecule has 0 spiro atoms. The first-order chi connectivity index (χ1) is 5.61. The van der Waals surface area contributed by atoms with Crippen molar-refractivity contribution in [2.75, 3.05) is 0 Å². The van der Waals surface area contributed by atoms with Gasteiger partial charge < -0.3 is 0 Å². The van der Waals surface area contributed by atoms with E-state index < -0.39 is 9.85 Å². The Bertz CT molecular complexity index is 307. The minimum atomic E-state index is -0.646. The lowest BCUT2D eigenvalue weighted by molar-refractivity contribution is -0.729. The first-order valence-electron chi connectivity index (χ1n) is 3.02. The van der Waals surface area contributed by atoms with Crippen molar-refractivity contribution in [3.63, 3.8) is 0 Å². The molecule has 1 aromatic rings. The maximum absolute atomic E-state index is 10.3. The van der Waals surface area contributed by atoms with E-state index in [9.17, 15) is 15.0 Å². The second-order valence-electron chi connectivity index (χ2n) is 2.05. The third-order valence-electron chi connectivity index (χ3n) is 1.26. The molecule has 0 radical (unpaired) electrons. The van der Waals surface area contributed by atoms with Gasteiger partial charge in [0.1, 0.15) is 0 Å². The zero-order chi connectivity index (χ0) is 9.14. The Kier molecular flexibility index (Phi) is 2.00. The molecule has 0 heterocycles. The van der Waals surface area contributed by atoms with E-state index in [0.29, 0.717) is 0 Å². The van der Waals surface area contributed by atoms with Crippen LogP contribution in [0.3, 0.4) is 0 Å². The fourth-order valence-corrected chi connectivity index (χ4v) is 0.726. The molecule has 1 rings (SSSR count). The quantitative estimate of drug-likeness (QED) is 0.535. The summed E-state index contributed by atoms with van der Waals surface area (Å²) in [6, 6.07) is 4.79. The van der Waals surface area contributed by atoms with Crippen molar-refractivity contribution >= 4 is 11.4 Å². The zero-order valence-electron chi connectivity index (χ0n) is 5.88. The second-order valence-corrected chi connectivity index (χ2v) is 2.05. The van der Waals surface area contributed by atoms with Gasteiger partial charge in [0.05, 0.1) is 15.9 Å². The number of nitro groups is 1. The van der Waals surface area contributed by atoms with Crippen molar-refractivity contribution in [1.29, 1.82) is 0 Å². The average Bonchev–Trinajstić information content (AvgIpc) is 2.04. The van der Waals surface area contributed by atoms with Gasteiger partial charge in [-0.25, -0.2) is 5.21 Å². The highest BCUT2D eigenvalue weighted by atomic mass is 16.6. The molecular weight excluding hydrogens is 164 g/mol. The Hall–Kier alpha value is -1.98. The van der Waals surface area contributed by atoms with Crippen molar-refractivity contribution in [2.24, 2.45) is 0 Å². The lowest BCUT2D eigenvalue weighted by Gasteiger charge is -1.87. The molecule has 0 aromatic heterocycles. The number of benzene rings is 1. The predicted molar refractivity (Wildman–Crippen MR) is 38.2 cm³/mol. The maximum atomic E-state index is 10.3. The maximum Gasteiger partial charge on any atom is 0.323 e. The van der Waals surface area contributed by atoms with Crippen molar-refractivity contribution in [2.45, 2.75) is 0 Å². The highest BCUT2D eigenvalue weighted by molar-refractivity contribution is 5.41. The van der Waals surface area contributed by atoms with E-state index in [2.05, 4.69) is 0 Å². The van der Waals surface area contributed by atoms with Gasteiger partial charge in [0, 0.05) is 12.1 Å². The van der Waals surface area contributed by atoms with E-state index in [1.54, 1.807) is 0 Å². The van der Waals surface area contributed by atoms with Gasteiger partial charge in [0.15, 0.2) is 0 Å². The first-order valence-corrected chi connectivity index (χ1v) is 3.02. The molecule has 6 nitrogen and oxygen atoms in total. The monoisotopic (exact) mass is 169 g/mol. The van der Waals surface area contributed by atoms with Gasteiger partial charge in [-0.3, -0.25) is 10.1 Å². The number of hydrogen-bond acceptors (Lipinski definition) is 3. The summed E-state index contributed by atoms with van der Waals surface area (Å²) < 4.78 is 0. The topological polar surface area (TPSA) is 83.5 Å². The molecule has 0 amide bonds. The van der Waals surface area contributed by atoms with Crippen LogP contribution in [0.4, 0.5) is 11.4 Å². The molecule has 12 heavy (non-hydrogen) atoms. The molecule has 1 N–H and O–H groups in total. The normalized spacial score (nSPS) is 9.33. The summed E-state index contributed by atoms with van der Waals surface area (Å²) in [6.45, 7) is 0. The molecule has 62 valence electrons. The number of nitrogens with zero attached hydrogens (tertiary/aromatic N) is 2. The fourth-order valence-electron chi connectivity index (χ4n) is 0.726. The van der Waals surface area contributed by atoms with Gasteiger partial charge >= 0.3 is 5.69 Å². The van der Waals surface area contributed by atoms with E-state index in [0.717, 1.165) is 6.07 Å². The highest BCUT2D eigenvalue weighted by Gasteiger charge is 2.15. The van der Waals surface area contributed by atoms with E-state index >= 15 is 0 Å². The molecule has 0 aliphatic carbocycles. The van der Waals surface area contributed by atoms with Gasteiger partial charge in [0.2, 0.25) is 0 Å². The molecule has 0 saturated carbocycles. The largest absolute Gasteiger partial charge is 0.323 e. The number of nitro benzene ring substituents is 1. The summed E-state index contributed by atoms with van der Waals surface area (Å²) in [5.74, 6) is 0. The van der Waals surface area contributed by atoms with Gasteiger partial charge in [0.25, 0.3) is 10.6 Å². The molecule has 0 aliphatic rings. The standard InChI is InChI=1S/C6H5N2O4/c9-7(10)5-2-1-3-6(4-5)8(11)12/h1-4H,(H,9,10)/q+1. The van der Waals surface area contributed by atoms with Crippen molar-refractivity contribution < 1.29 is 15.1 Å². The molecule has 6 heteroatoms. The van der Waals surface area contributed by atoms with E-state index in [1.165, 1.54) is 18.2 Å². The van der Waals surface area contributed by atoms with Crippen LogP contribution < -0.4 is 0 Å². The highest BCUT2D eigenvalue weighted by Crippen LogP contribution is 2.17. The minimum absolute atomic E-state index is 0.163. The van der Waals surface area contributed by atoms with E-state index in [-0.39, 0.29) is 11.4 Å². The van der Waals surface area contributed by atoms with Crippen LogP contribution in [0.1, 0.15) is 0 Å². The number of hydrogen-bond donors (Lipinski definition) is 1. The Balaban J connectivity index is 3.12. The molecule has 0 unspecified atom stereocenters. The summed E-state index contributed by atoms with van der Waals surface area (Å²) in [5, 5.41) is 18.6. The molecule has 0 atom stereocenters. The summed E-state index contributed by atoms with van der Waals surface area (Å²) in [6.07, 6.45) is 0. The van der Waals surface area contributed by atoms with Gasteiger partial charge in [-0.15, -0.1) is 0 Å². The Morgan fingerprint density at radius 1 is 1.25 bits per heavy atom. The Morgan fingerprint density at radius 3 is 2.33 bits per heavy atom. The summed E-state index contributed by atoms with van der Waals surface area (Å²) in [7, 11) is 0. The number of rotatable bonds is 2. The molecule has 0 aliphatic heterocycles. The van der Waals surface area contributed by atoms with Crippen molar-refractivity contribution in [3.05, 3.63) is 39.3 Å². The van der Waals surface area contributed by atoms with Crippen LogP contribution in [0.5, 0.6) is 0 Å². The zero-order valence-corrected chi connectivity index (χ0v) is 5.88. The van der Waals surface area contributed by atoms with Crippen molar-refractivity contribution in [3.8, 4) is 0 Å². The van der Waals surface area contributed by atoms with Gasteiger partial charge in [-0.2, -0.15) is 0 Å². The summed E-state index contributed by atoms with van der Waals surface area (Å²) >= 11 is 0. The molecular formula is C6H5N2O4+. The van der Waals surface area contributed by atoms with Crippen LogP contribution in [-0.2, 0) is 0 Å². The summed E-state index contributed by atoms with van der Waals surface area (Å²) in [5.41, 5.74) is -0.397. The fraction of sp³-hybridized carbons (Fsp3) is 0. The van der Waals surface area contributed by atoms with Crippen LogP contribution in [-0.4, -0.2) is 15.1 Å². The van der Waals surface area contributed by atoms with Crippen LogP contribution >= 0.6 is 0 Å². The van der Waals surface area contributed by atoms with Gasteiger partial charge in [-0.1, -0.05) is 0 Å². The smallest absolute Gasteiger partial charge is 0.258 e. The van der Waals surface area contributed by atoms with E-state index in [4.69, 9.17) is 5.21 Å². The van der Waals surface area contributed by atoms with Crippen LogP contribution in [0, 0.1) is 15.0 Å². The molecule has 0 saturated heterocycles. The lowest BCUT2D eigenvalue weighted by Crippen LogP contribution is -1.93. The van der Waals surface area contributed by atoms with E-state index in [1.807, 2.05) is 0 Å². The Labute approximate surface area is 66.7 Å².